The molecule has 6 heterocycles. The minimum atomic E-state index is -0.449. The van der Waals surface area contributed by atoms with E-state index in [0.717, 1.165) is 110 Å². The molecule has 0 unspecified atom stereocenters. The van der Waals surface area contributed by atoms with E-state index in [0.29, 0.717) is 45.1 Å². The molecule has 2 aliphatic carbocycles. The van der Waals surface area contributed by atoms with Crippen molar-refractivity contribution < 1.29 is 23.9 Å². The van der Waals surface area contributed by atoms with Gasteiger partial charge < -0.3 is 41.0 Å². The van der Waals surface area contributed by atoms with Crippen LogP contribution in [0.2, 0.25) is 0 Å². The number of nitrogens with two attached hydrogens (primary N) is 1. The largest absolute Gasteiger partial charge is 0.490 e. The zero-order valence-electron chi connectivity index (χ0n) is 40.8. The molecule has 19 heteroatoms. The van der Waals surface area contributed by atoms with Gasteiger partial charge >= 0.3 is 0 Å². The third-order valence-electron chi connectivity index (χ3n) is 12.9. The summed E-state index contributed by atoms with van der Waals surface area (Å²) in [5.74, 6) is 3.31. The number of hydrogen-bond acceptors (Lipinski definition) is 16. The monoisotopic (exact) mass is 984 g/mol. The van der Waals surface area contributed by atoms with Crippen LogP contribution in [0, 0.1) is 17.3 Å². The summed E-state index contributed by atoms with van der Waals surface area (Å²) < 4.78 is 12.1. The lowest BCUT2D eigenvalue weighted by atomic mass is 9.87. The molecule has 2 aliphatic heterocycles. The van der Waals surface area contributed by atoms with Gasteiger partial charge in [0.25, 0.3) is 0 Å². The number of fused-ring (bicyclic) bond motifs is 8. The van der Waals surface area contributed by atoms with Crippen LogP contribution >= 0.6 is 22.7 Å². The van der Waals surface area contributed by atoms with Crippen molar-refractivity contribution in [1.82, 2.24) is 35.1 Å². The maximum absolute atomic E-state index is 12.6. The number of hydrogen-bond donors (Lipinski definition) is 4. The molecule has 10 rings (SSSR count). The second-order valence-corrected chi connectivity index (χ2v) is 21.6. The van der Waals surface area contributed by atoms with Gasteiger partial charge in [-0.05, 0) is 96.2 Å². The topological polar surface area (TPSA) is 215 Å². The summed E-state index contributed by atoms with van der Waals surface area (Å²) in [4.78, 5) is 72.0. The number of aryl methyl sites for hydroxylation is 2. The first-order valence-corrected chi connectivity index (χ1v) is 25.3. The van der Waals surface area contributed by atoms with E-state index < -0.39 is 5.41 Å². The Morgan fingerprint density at radius 3 is 1.61 bits per heavy atom. The quantitative estimate of drug-likeness (QED) is 0.0862. The molecule has 2 aromatic carbocycles. The second-order valence-electron chi connectivity index (χ2n) is 19.4. The summed E-state index contributed by atoms with van der Waals surface area (Å²) in [6.07, 6.45) is 11.7. The lowest BCUT2D eigenvalue weighted by Gasteiger charge is -2.24. The molecular formula is C51H60N12O5S2. The predicted octanol–water partition coefficient (Wildman–Crippen LogP) is 7.00. The molecular weight excluding hydrogens is 925 g/mol. The van der Waals surface area contributed by atoms with Crippen LogP contribution in [0.3, 0.4) is 0 Å². The molecule has 17 nitrogen and oxygen atoms in total. The fourth-order valence-corrected chi connectivity index (χ4v) is 11.8. The third-order valence-corrected chi connectivity index (χ3v) is 15.3. The molecule has 366 valence electrons. The maximum atomic E-state index is 12.6. The second kappa shape index (κ2) is 20.4. The van der Waals surface area contributed by atoms with Gasteiger partial charge in [0.05, 0.1) is 41.8 Å². The molecule has 70 heavy (non-hydrogen) atoms. The Morgan fingerprint density at radius 1 is 0.700 bits per heavy atom. The maximum Gasteiger partial charge on any atom is 0.225 e. The number of thiophene rings is 2. The summed E-state index contributed by atoms with van der Waals surface area (Å²) in [7, 11) is 7.27. The first-order chi connectivity index (χ1) is 33.7. The first-order valence-electron chi connectivity index (χ1n) is 23.7. The number of nitrogens with zero attached hydrogens (tertiary/aromatic N) is 8. The van der Waals surface area contributed by atoms with Crippen molar-refractivity contribution in [3.05, 3.63) is 80.1 Å². The number of nitrogens with one attached hydrogen (secondary N) is 3. The molecule has 0 fully saturated rings. The molecule has 5 N–H and O–H groups in total. The van der Waals surface area contributed by atoms with Gasteiger partial charge in [0.15, 0.2) is 0 Å². The average Bonchev–Trinajstić information content (AvgIpc) is 4.16. The summed E-state index contributed by atoms with van der Waals surface area (Å²) in [5, 5.41) is 12.0. The van der Waals surface area contributed by atoms with Gasteiger partial charge in [-0.15, -0.1) is 22.7 Å². The molecule has 4 aromatic heterocycles. The molecule has 6 aromatic rings. The van der Waals surface area contributed by atoms with Crippen LogP contribution in [0.4, 0.5) is 23.0 Å². The fourth-order valence-electron chi connectivity index (χ4n) is 9.29. The van der Waals surface area contributed by atoms with Crippen LogP contribution < -0.4 is 31.2 Å². The minimum Gasteiger partial charge on any atom is -0.490 e. The van der Waals surface area contributed by atoms with Crippen molar-refractivity contribution in [2.75, 3.05) is 65.1 Å². The van der Waals surface area contributed by atoms with Gasteiger partial charge in [-0.1, -0.05) is 20.8 Å². The molecule has 0 spiro atoms. The smallest absolute Gasteiger partial charge is 0.225 e. The van der Waals surface area contributed by atoms with Crippen LogP contribution in [0.5, 0.6) is 11.5 Å². The minimum absolute atomic E-state index is 0.00436. The van der Waals surface area contributed by atoms with Crippen molar-refractivity contribution >= 4 is 96.3 Å². The number of anilines is 4. The van der Waals surface area contributed by atoms with Crippen molar-refractivity contribution in [1.29, 1.82) is 0 Å². The molecule has 0 bridgehead atoms. The van der Waals surface area contributed by atoms with Crippen molar-refractivity contribution in [3.63, 3.8) is 0 Å². The van der Waals surface area contributed by atoms with Crippen LogP contribution in [-0.4, -0.2) is 114 Å². The van der Waals surface area contributed by atoms with Crippen LogP contribution in [-0.2, 0) is 53.2 Å². The molecule has 0 saturated carbocycles. The summed E-state index contributed by atoms with van der Waals surface area (Å²) in [5.41, 5.74) is 13.7. The summed E-state index contributed by atoms with van der Waals surface area (Å²) >= 11 is 3.31. The zero-order chi connectivity index (χ0) is 49.3. The van der Waals surface area contributed by atoms with Gasteiger partial charge in [-0.2, -0.15) is 0 Å². The van der Waals surface area contributed by atoms with E-state index in [9.17, 15) is 14.4 Å². The SMILES string of the molecule is CN(C)C(=O)[C@H]1CCc2c(sc3ncnc(Nc4cc5c(cc4OCCN)CN=C5)c23)C1.CN(C)C(=O)[C@H]1CCc2c(sc3ncnc(Nc4cc5c(cc4OCCNC(=O)C(C)(C)C)CN=C5)c23)C1. The van der Waals surface area contributed by atoms with E-state index >= 15 is 0 Å². The Hall–Kier alpha value is -6.57. The van der Waals surface area contributed by atoms with E-state index in [2.05, 4.69) is 51.9 Å². The molecule has 2 atom stereocenters. The number of amides is 3. The molecule has 0 saturated heterocycles. The van der Waals surface area contributed by atoms with E-state index in [4.69, 9.17) is 15.2 Å². The van der Waals surface area contributed by atoms with Crippen molar-refractivity contribution in [3.8, 4) is 11.5 Å². The highest BCUT2D eigenvalue weighted by Crippen LogP contribution is 2.44. The number of rotatable bonds is 13. The number of carbonyl (C=O) groups excluding carboxylic acids is 3. The number of carbonyl (C=O) groups is 3. The van der Waals surface area contributed by atoms with Gasteiger partial charge in [0.2, 0.25) is 17.7 Å². The van der Waals surface area contributed by atoms with E-state index in [1.54, 1.807) is 45.1 Å². The van der Waals surface area contributed by atoms with E-state index in [1.807, 2.05) is 79.6 Å². The fraction of sp³-hybridized carbons (Fsp3) is 0.431. The van der Waals surface area contributed by atoms with Crippen LogP contribution in [0.25, 0.3) is 20.4 Å². The van der Waals surface area contributed by atoms with E-state index in [1.165, 1.54) is 20.9 Å². The highest BCUT2D eigenvalue weighted by Gasteiger charge is 2.32. The summed E-state index contributed by atoms with van der Waals surface area (Å²) in [6, 6.07) is 8.12. The predicted molar refractivity (Wildman–Crippen MR) is 278 cm³/mol. The van der Waals surface area contributed by atoms with Gasteiger partial charge in [-0.25, -0.2) is 19.9 Å². The summed E-state index contributed by atoms with van der Waals surface area (Å²) in [6.45, 7) is 8.56. The number of ether oxygens (including phenoxy) is 2. The van der Waals surface area contributed by atoms with Gasteiger partial charge in [0.1, 0.15) is 58.7 Å². The van der Waals surface area contributed by atoms with Crippen LogP contribution in [0.15, 0.2) is 46.9 Å². The number of benzene rings is 2. The average molecular weight is 985 g/mol. The Morgan fingerprint density at radius 2 is 1.17 bits per heavy atom. The third kappa shape index (κ3) is 10.2. The normalized spacial score (nSPS) is 16.4. The van der Waals surface area contributed by atoms with Gasteiger partial charge in [-0.3, -0.25) is 24.4 Å². The lowest BCUT2D eigenvalue weighted by Crippen LogP contribution is -2.37. The number of aromatic nitrogens is 4. The van der Waals surface area contributed by atoms with Crippen molar-refractivity contribution in [2.45, 2.75) is 72.4 Å². The zero-order valence-corrected chi connectivity index (χ0v) is 42.4. The Labute approximate surface area is 415 Å². The highest BCUT2D eigenvalue weighted by atomic mass is 32.1. The Kier molecular flexibility index (Phi) is 14.1. The van der Waals surface area contributed by atoms with E-state index in [-0.39, 0.29) is 29.6 Å². The first kappa shape index (κ1) is 48.5. The molecule has 0 radical (unpaired) electrons. The molecule has 3 amide bonds. The highest BCUT2D eigenvalue weighted by molar-refractivity contribution is 7.19. The molecule has 4 aliphatic rings. The van der Waals surface area contributed by atoms with Crippen molar-refractivity contribution in [2.24, 2.45) is 33.0 Å². The Balaban J connectivity index is 0.000000176. The van der Waals surface area contributed by atoms with Gasteiger partial charge in [0, 0.05) is 74.2 Å². The standard InChI is InChI=1S/C28H34N6O3S.C23H26N6O2S/c1-28(2,3)27(36)30-8-9-37-21-11-18-14-29-13-17(18)10-20(21)33-24-23-19-7-6-16(26(35)34(4)5)12-22(19)38-25(23)32-15-31-24;1-29(2)23(30)13-3-4-16-19(9-13)32-22-20(16)21(26-12-27-22)28-17-7-14-10-25-11-15(14)8-18(17)31-6-5-24/h10-11,13,15-16H,6-9,12,14H2,1-5H3,(H,30,36)(H,31,32,33);7-8,10,12-13H,3-6,9,11,24H2,1-2H3,(H,26,27,28)/t16-;13-/m00/s1. The Bertz CT molecular complexity index is 3050. The van der Waals surface area contributed by atoms with Crippen LogP contribution in [0.1, 0.15) is 76.7 Å². The number of aliphatic imine (C=N–C) groups is 2. The lowest BCUT2D eigenvalue weighted by molar-refractivity contribution is -0.134.